The summed E-state index contributed by atoms with van der Waals surface area (Å²) in [5.74, 6) is -0.130. The van der Waals surface area contributed by atoms with Crippen LogP contribution in [0.5, 0.6) is 0 Å². The first-order valence-electron chi connectivity index (χ1n) is 6.67. The Bertz CT molecular complexity index is 316. The van der Waals surface area contributed by atoms with Gasteiger partial charge < -0.3 is 11.1 Å². The average Bonchev–Trinajstić information content (AvgIpc) is 2.67. The van der Waals surface area contributed by atoms with Crippen LogP contribution in [0.15, 0.2) is 0 Å². The van der Waals surface area contributed by atoms with Gasteiger partial charge in [0.2, 0.25) is 5.91 Å². The van der Waals surface area contributed by atoms with Gasteiger partial charge in [-0.1, -0.05) is 6.42 Å². The molecule has 2 aliphatic heterocycles. The molecule has 6 nitrogen and oxygen atoms in total. The number of piperidine rings is 1. The van der Waals surface area contributed by atoms with Crippen molar-refractivity contribution in [3.05, 3.63) is 0 Å². The summed E-state index contributed by atoms with van der Waals surface area (Å²) in [5.41, 5.74) is 5.99. The number of nitrogens with two attached hydrogens (primary N) is 1. The standard InChI is InChI=1S/C12H22N4O2/c1-9(13)10-4-2-3-5-15(10)6-7-16-11(17)8-14-12(16)18/h9-10H,2-8,13H2,1H3,(H,14,18). The van der Waals surface area contributed by atoms with Gasteiger partial charge in [0.25, 0.3) is 0 Å². The summed E-state index contributed by atoms with van der Waals surface area (Å²) >= 11 is 0. The minimum Gasteiger partial charge on any atom is -0.329 e. The van der Waals surface area contributed by atoms with Crippen LogP contribution in [-0.4, -0.2) is 60.0 Å². The largest absolute Gasteiger partial charge is 0.329 e. The SMILES string of the molecule is CC(N)C1CCCCN1CCN1C(=O)CNC1=O. The number of rotatable bonds is 4. The maximum absolute atomic E-state index is 11.5. The molecule has 0 radical (unpaired) electrons. The van der Waals surface area contributed by atoms with Gasteiger partial charge >= 0.3 is 6.03 Å². The van der Waals surface area contributed by atoms with Crippen LogP contribution < -0.4 is 11.1 Å². The van der Waals surface area contributed by atoms with Crippen molar-refractivity contribution in [1.29, 1.82) is 0 Å². The van der Waals surface area contributed by atoms with Gasteiger partial charge in [0.05, 0.1) is 6.54 Å². The predicted octanol–water partition coefficient (Wildman–Crippen LogP) is -0.260. The summed E-state index contributed by atoms with van der Waals surface area (Å²) in [5, 5.41) is 2.54. The molecule has 0 aliphatic carbocycles. The summed E-state index contributed by atoms with van der Waals surface area (Å²) in [7, 11) is 0. The number of hydrogen-bond donors (Lipinski definition) is 2. The molecular formula is C12H22N4O2. The first kappa shape index (κ1) is 13.3. The number of nitrogens with zero attached hydrogens (tertiary/aromatic N) is 2. The molecule has 2 atom stereocenters. The lowest BCUT2D eigenvalue weighted by molar-refractivity contribution is -0.125. The average molecular weight is 254 g/mol. The molecule has 0 aromatic heterocycles. The van der Waals surface area contributed by atoms with Crippen LogP contribution in [0.4, 0.5) is 4.79 Å². The summed E-state index contributed by atoms with van der Waals surface area (Å²) in [6, 6.07) is 0.238. The zero-order valence-electron chi connectivity index (χ0n) is 10.9. The number of hydrogen-bond acceptors (Lipinski definition) is 4. The molecule has 102 valence electrons. The zero-order chi connectivity index (χ0) is 13.1. The van der Waals surface area contributed by atoms with Gasteiger partial charge in [-0.15, -0.1) is 0 Å². The predicted molar refractivity (Wildman–Crippen MR) is 68.0 cm³/mol. The molecule has 2 unspecified atom stereocenters. The van der Waals surface area contributed by atoms with E-state index in [1.165, 1.54) is 17.7 Å². The van der Waals surface area contributed by atoms with Crippen molar-refractivity contribution in [2.45, 2.75) is 38.3 Å². The van der Waals surface area contributed by atoms with Gasteiger partial charge in [-0.05, 0) is 26.3 Å². The lowest BCUT2D eigenvalue weighted by atomic mass is 9.97. The zero-order valence-corrected chi connectivity index (χ0v) is 10.9. The second kappa shape index (κ2) is 5.67. The fraction of sp³-hybridized carbons (Fsp3) is 0.833. The van der Waals surface area contributed by atoms with Crippen molar-refractivity contribution in [2.24, 2.45) is 5.73 Å². The monoisotopic (exact) mass is 254 g/mol. The minimum atomic E-state index is -0.269. The number of amides is 3. The highest BCUT2D eigenvalue weighted by Gasteiger charge is 2.30. The molecule has 2 rings (SSSR count). The molecule has 6 heteroatoms. The highest BCUT2D eigenvalue weighted by Crippen LogP contribution is 2.18. The number of urea groups is 1. The van der Waals surface area contributed by atoms with E-state index in [9.17, 15) is 9.59 Å². The van der Waals surface area contributed by atoms with Gasteiger partial charge in [-0.25, -0.2) is 4.79 Å². The number of imide groups is 1. The van der Waals surface area contributed by atoms with Crippen LogP contribution >= 0.6 is 0 Å². The van der Waals surface area contributed by atoms with E-state index < -0.39 is 0 Å². The molecule has 0 aromatic carbocycles. The van der Waals surface area contributed by atoms with Gasteiger partial charge in [-0.2, -0.15) is 0 Å². The Morgan fingerprint density at radius 1 is 1.39 bits per heavy atom. The Balaban J connectivity index is 1.88. The van der Waals surface area contributed by atoms with Crippen molar-refractivity contribution in [1.82, 2.24) is 15.1 Å². The summed E-state index contributed by atoms with van der Waals surface area (Å²) in [6.07, 6.45) is 3.49. The third-order valence-corrected chi connectivity index (χ3v) is 3.82. The molecule has 0 saturated carbocycles. The van der Waals surface area contributed by atoms with Crippen LogP contribution in [0, 0.1) is 0 Å². The normalized spacial score (nSPS) is 27.4. The fourth-order valence-corrected chi connectivity index (χ4v) is 2.80. The second-order valence-electron chi connectivity index (χ2n) is 5.16. The molecule has 3 N–H and O–H groups in total. The van der Waals surface area contributed by atoms with E-state index in [4.69, 9.17) is 5.73 Å². The lowest BCUT2D eigenvalue weighted by Crippen LogP contribution is -2.51. The van der Waals surface area contributed by atoms with E-state index in [1.807, 2.05) is 6.92 Å². The fourth-order valence-electron chi connectivity index (χ4n) is 2.80. The van der Waals surface area contributed by atoms with E-state index >= 15 is 0 Å². The molecule has 3 amide bonds. The number of nitrogens with one attached hydrogen (secondary N) is 1. The van der Waals surface area contributed by atoms with Crippen molar-refractivity contribution in [2.75, 3.05) is 26.2 Å². The molecule has 0 aromatic rings. The third-order valence-electron chi connectivity index (χ3n) is 3.82. The van der Waals surface area contributed by atoms with Crippen LogP contribution in [-0.2, 0) is 4.79 Å². The first-order chi connectivity index (χ1) is 8.59. The Kier molecular flexibility index (Phi) is 4.19. The maximum atomic E-state index is 11.5. The summed E-state index contributed by atoms with van der Waals surface area (Å²) < 4.78 is 0. The Hall–Kier alpha value is -1.14. The Morgan fingerprint density at radius 2 is 2.17 bits per heavy atom. The van der Waals surface area contributed by atoms with E-state index in [0.717, 1.165) is 19.5 Å². The van der Waals surface area contributed by atoms with Crippen molar-refractivity contribution in [3.8, 4) is 0 Å². The van der Waals surface area contributed by atoms with Crippen LogP contribution in [0.25, 0.3) is 0 Å². The number of likely N-dealkylation sites (tertiary alicyclic amines) is 1. The van der Waals surface area contributed by atoms with E-state index in [0.29, 0.717) is 12.6 Å². The minimum absolute atomic E-state index is 0.130. The third kappa shape index (κ3) is 2.81. The smallest absolute Gasteiger partial charge is 0.324 e. The summed E-state index contributed by atoms with van der Waals surface area (Å²) in [4.78, 5) is 26.5. The maximum Gasteiger partial charge on any atom is 0.324 e. The quantitative estimate of drug-likeness (QED) is 0.678. The molecule has 0 spiro atoms. The summed E-state index contributed by atoms with van der Waals surface area (Å²) in [6.45, 7) is 4.36. The van der Waals surface area contributed by atoms with Crippen LogP contribution in [0.3, 0.4) is 0 Å². The molecule has 2 heterocycles. The number of carbonyl (C=O) groups excluding carboxylic acids is 2. The number of carbonyl (C=O) groups is 2. The van der Waals surface area contributed by atoms with Gasteiger partial charge in [0, 0.05) is 25.2 Å². The molecule has 2 saturated heterocycles. The second-order valence-corrected chi connectivity index (χ2v) is 5.16. The Morgan fingerprint density at radius 3 is 2.78 bits per heavy atom. The Labute approximate surface area is 107 Å². The first-order valence-corrected chi connectivity index (χ1v) is 6.67. The lowest BCUT2D eigenvalue weighted by Gasteiger charge is -2.38. The van der Waals surface area contributed by atoms with E-state index in [-0.39, 0.29) is 24.5 Å². The van der Waals surface area contributed by atoms with Gasteiger partial charge in [0.15, 0.2) is 0 Å². The van der Waals surface area contributed by atoms with Crippen LogP contribution in [0.2, 0.25) is 0 Å². The molecule has 0 bridgehead atoms. The molecule has 2 fully saturated rings. The molecule has 2 aliphatic rings. The van der Waals surface area contributed by atoms with Gasteiger partial charge in [0.1, 0.15) is 0 Å². The van der Waals surface area contributed by atoms with Crippen LogP contribution in [0.1, 0.15) is 26.2 Å². The van der Waals surface area contributed by atoms with E-state index in [2.05, 4.69) is 10.2 Å². The molecule has 18 heavy (non-hydrogen) atoms. The van der Waals surface area contributed by atoms with Crippen molar-refractivity contribution in [3.63, 3.8) is 0 Å². The topological polar surface area (TPSA) is 78.7 Å². The molecular weight excluding hydrogens is 232 g/mol. The highest BCUT2D eigenvalue weighted by atomic mass is 16.2. The highest BCUT2D eigenvalue weighted by molar-refractivity contribution is 6.01. The van der Waals surface area contributed by atoms with Gasteiger partial charge in [-0.3, -0.25) is 14.6 Å². The van der Waals surface area contributed by atoms with Crippen molar-refractivity contribution >= 4 is 11.9 Å². The van der Waals surface area contributed by atoms with Crippen molar-refractivity contribution < 1.29 is 9.59 Å². The van der Waals surface area contributed by atoms with E-state index in [1.54, 1.807) is 0 Å².